The highest BCUT2D eigenvalue weighted by atomic mass is 19.1. The van der Waals surface area contributed by atoms with Crippen molar-refractivity contribution in [1.82, 2.24) is 20.9 Å². The Balaban J connectivity index is 1.74. The Kier molecular flexibility index (Phi) is 3.60. The molecular weight excluding hydrogens is 329 g/mol. The number of carbonyl (C=O) groups excluding carboxylic acids is 3. The molecule has 132 valence electrons. The lowest BCUT2D eigenvalue weighted by atomic mass is 10.00. The van der Waals surface area contributed by atoms with Crippen molar-refractivity contribution in [2.75, 3.05) is 24.7 Å². The summed E-state index contributed by atoms with van der Waals surface area (Å²) in [7, 11) is 0. The van der Waals surface area contributed by atoms with Gasteiger partial charge >= 0.3 is 12.1 Å². The number of amides is 5. The lowest BCUT2D eigenvalue weighted by Gasteiger charge is -2.35. The molecule has 2 fully saturated rings. The van der Waals surface area contributed by atoms with E-state index in [2.05, 4.69) is 15.5 Å². The highest BCUT2D eigenvalue weighted by Gasteiger charge is 2.55. The number of anilines is 1. The van der Waals surface area contributed by atoms with E-state index in [1.807, 2.05) is 5.32 Å². The van der Waals surface area contributed by atoms with Gasteiger partial charge in [0.25, 0.3) is 5.91 Å². The number of halogens is 1. The zero-order chi connectivity index (χ0) is 17.6. The first-order valence-electron chi connectivity index (χ1n) is 8.25. The molecule has 5 amide bonds. The maximum Gasteiger partial charge on any atom is 0.325 e. The van der Waals surface area contributed by atoms with E-state index in [1.165, 1.54) is 23.1 Å². The van der Waals surface area contributed by atoms with E-state index >= 15 is 0 Å². The molecule has 9 heteroatoms. The number of piperidine rings is 1. The van der Waals surface area contributed by atoms with Gasteiger partial charge in [-0.3, -0.25) is 19.9 Å². The zero-order valence-electron chi connectivity index (χ0n) is 13.5. The molecule has 3 aliphatic rings. The number of nitrogens with zero attached hydrogens (tertiary/aromatic N) is 2. The van der Waals surface area contributed by atoms with Gasteiger partial charge in [0.15, 0.2) is 0 Å². The van der Waals surface area contributed by atoms with Gasteiger partial charge in [-0.25, -0.2) is 14.0 Å². The Hall–Kier alpha value is -2.68. The van der Waals surface area contributed by atoms with Gasteiger partial charge in [-0.15, -0.1) is 0 Å². The third-order valence-corrected chi connectivity index (χ3v) is 4.84. The number of likely N-dealkylation sites (tertiary alicyclic amines) is 1. The van der Waals surface area contributed by atoms with E-state index < -0.39 is 29.4 Å². The number of nitrogens with one attached hydrogen (secondary N) is 3. The maximum absolute atomic E-state index is 13.8. The number of hydrogen-bond donors (Lipinski definition) is 3. The van der Waals surface area contributed by atoms with Gasteiger partial charge in [0.05, 0.1) is 12.4 Å². The fraction of sp³-hybridized carbons (Fsp3) is 0.438. The molecule has 0 radical (unpaired) electrons. The number of fused-ring (bicyclic) bond motifs is 2. The normalized spacial score (nSPS) is 22.4. The molecule has 8 nitrogen and oxygen atoms in total. The number of carbonyl (C=O) groups is 3. The molecule has 0 bridgehead atoms. The SMILES string of the molecule is O=C1NC(=O)NC2(N1)C(=O)N(CN1CCCCC1)c1ccc(F)cc12. The van der Waals surface area contributed by atoms with Crippen LogP contribution in [-0.4, -0.2) is 42.6 Å². The minimum atomic E-state index is -1.77. The predicted octanol–water partition coefficient (Wildman–Crippen LogP) is 0.791. The minimum absolute atomic E-state index is 0.234. The first-order chi connectivity index (χ1) is 12.0. The molecule has 1 spiro atoms. The molecule has 0 atom stereocenters. The second-order valence-electron chi connectivity index (χ2n) is 6.50. The van der Waals surface area contributed by atoms with Crippen molar-refractivity contribution in [2.45, 2.75) is 24.9 Å². The van der Waals surface area contributed by atoms with Crippen LogP contribution in [0.3, 0.4) is 0 Å². The summed E-state index contributed by atoms with van der Waals surface area (Å²) in [5.74, 6) is -1.05. The Bertz CT molecular complexity index is 746. The molecular formula is C16H18FN5O3. The van der Waals surface area contributed by atoms with Crippen molar-refractivity contribution in [2.24, 2.45) is 0 Å². The van der Waals surface area contributed by atoms with Crippen LogP contribution in [0.15, 0.2) is 18.2 Å². The smallest absolute Gasteiger partial charge is 0.303 e. The molecule has 1 aromatic carbocycles. The maximum atomic E-state index is 13.8. The first kappa shape index (κ1) is 15.8. The number of rotatable bonds is 2. The highest BCUT2D eigenvalue weighted by molar-refractivity contribution is 6.13. The summed E-state index contributed by atoms with van der Waals surface area (Å²) < 4.78 is 13.8. The lowest BCUT2D eigenvalue weighted by Crippen LogP contribution is -2.71. The van der Waals surface area contributed by atoms with Gasteiger partial charge in [0, 0.05) is 5.56 Å². The van der Waals surface area contributed by atoms with Crippen molar-refractivity contribution < 1.29 is 18.8 Å². The van der Waals surface area contributed by atoms with Gasteiger partial charge in [-0.1, -0.05) is 6.42 Å². The Morgan fingerprint density at radius 3 is 2.40 bits per heavy atom. The Morgan fingerprint density at radius 2 is 1.72 bits per heavy atom. The molecule has 3 N–H and O–H groups in total. The summed E-state index contributed by atoms with van der Waals surface area (Å²) in [5.41, 5.74) is -1.05. The summed E-state index contributed by atoms with van der Waals surface area (Å²) in [6.07, 6.45) is 3.27. The largest absolute Gasteiger partial charge is 0.325 e. The molecule has 0 aliphatic carbocycles. The van der Waals surface area contributed by atoms with Gasteiger partial charge in [-0.05, 0) is 44.1 Å². The van der Waals surface area contributed by atoms with Crippen LogP contribution in [0.25, 0.3) is 0 Å². The van der Waals surface area contributed by atoms with Crippen LogP contribution in [0.4, 0.5) is 19.7 Å². The summed E-state index contributed by atoms with van der Waals surface area (Å²) in [6.45, 7) is 2.07. The van der Waals surface area contributed by atoms with Crippen molar-refractivity contribution in [3.05, 3.63) is 29.6 Å². The molecule has 1 aromatic rings. The van der Waals surface area contributed by atoms with E-state index in [4.69, 9.17) is 0 Å². The van der Waals surface area contributed by atoms with E-state index in [0.717, 1.165) is 32.4 Å². The second-order valence-corrected chi connectivity index (χ2v) is 6.50. The van der Waals surface area contributed by atoms with Gasteiger partial charge < -0.3 is 10.6 Å². The molecule has 0 unspecified atom stereocenters. The fourth-order valence-corrected chi connectivity index (χ4v) is 3.69. The van der Waals surface area contributed by atoms with Crippen LogP contribution in [0.1, 0.15) is 24.8 Å². The Morgan fingerprint density at radius 1 is 1.04 bits per heavy atom. The standard InChI is InChI=1S/C16H18FN5O3/c17-10-4-5-12-11(8-10)16(19-14(24)18-15(25)20-16)13(23)22(12)9-21-6-2-1-3-7-21/h4-5,8H,1-3,6-7,9H2,(H3,18,19,20,24,25). The average Bonchev–Trinajstić information content (AvgIpc) is 2.77. The van der Waals surface area contributed by atoms with Crippen molar-refractivity contribution in [1.29, 1.82) is 0 Å². The van der Waals surface area contributed by atoms with E-state index in [0.29, 0.717) is 12.4 Å². The monoisotopic (exact) mass is 347 g/mol. The summed E-state index contributed by atoms with van der Waals surface area (Å²) in [5, 5.41) is 6.95. The third kappa shape index (κ3) is 2.51. The molecule has 0 aromatic heterocycles. The predicted molar refractivity (Wildman–Crippen MR) is 86.1 cm³/mol. The summed E-state index contributed by atoms with van der Waals surface area (Å²) in [4.78, 5) is 40.4. The lowest BCUT2D eigenvalue weighted by molar-refractivity contribution is -0.125. The van der Waals surface area contributed by atoms with Crippen LogP contribution in [0, 0.1) is 5.82 Å². The average molecular weight is 347 g/mol. The van der Waals surface area contributed by atoms with E-state index in [-0.39, 0.29) is 5.56 Å². The topological polar surface area (TPSA) is 93.8 Å². The molecule has 4 rings (SSSR count). The molecule has 2 saturated heterocycles. The van der Waals surface area contributed by atoms with E-state index in [1.54, 1.807) is 0 Å². The van der Waals surface area contributed by atoms with Crippen LogP contribution in [0.5, 0.6) is 0 Å². The molecule has 3 heterocycles. The van der Waals surface area contributed by atoms with Crippen LogP contribution < -0.4 is 20.9 Å². The highest BCUT2D eigenvalue weighted by Crippen LogP contribution is 2.40. The molecule has 25 heavy (non-hydrogen) atoms. The van der Waals surface area contributed by atoms with Crippen molar-refractivity contribution in [3.8, 4) is 0 Å². The fourth-order valence-electron chi connectivity index (χ4n) is 3.69. The number of hydrogen-bond acceptors (Lipinski definition) is 4. The minimum Gasteiger partial charge on any atom is -0.303 e. The number of benzene rings is 1. The van der Waals surface area contributed by atoms with Crippen molar-refractivity contribution in [3.63, 3.8) is 0 Å². The summed E-state index contributed by atoms with van der Waals surface area (Å²) >= 11 is 0. The van der Waals surface area contributed by atoms with Crippen LogP contribution in [-0.2, 0) is 10.5 Å². The quantitative estimate of drug-likeness (QED) is 0.737. The van der Waals surface area contributed by atoms with Gasteiger partial charge in [0.1, 0.15) is 5.82 Å². The first-order valence-corrected chi connectivity index (χ1v) is 8.25. The van der Waals surface area contributed by atoms with Gasteiger partial charge in [0.2, 0.25) is 5.66 Å². The molecule has 0 saturated carbocycles. The third-order valence-electron chi connectivity index (χ3n) is 4.84. The second kappa shape index (κ2) is 5.69. The molecule has 3 aliphatic heterocycles. The van der Waals surface area contributed by atoms with E-state index in [9.17, 15) is 18.8 Å². The Labute approximate surface area is 143 Å². The van der Waals surface area contributed by atoms with Crippen LogP contribution in [0.2, 0.25) is 0 Å². The van der Waals surface area contributed by atoms with Gasteiger partial charge in [-0.2, -0.15) is 0 Å². The summed E-state index contributed by atoms with van der Waals surface area (Å²) in [6, 6.07) is 2.34. The number of imide groups is 1. The zero-order valence-corrected chi connectivity index (χ0v) is 13.5. The van der Waals surface area contributed by atoms with Crippen LogP contribution >= 0.6 is 0 Å². The number of urea groups is 2. The van der Waals surface area contributed by atoms with Crippen molar-refractivity contribution >= 4 is 23.7 Å².